The molecule has 0 aliphatic carbocycles. The van der Waals surface area contributed by atoms with E-state index in [1.807, 2.05) is 6.92 Å². The molecule has 1 atom stereocenters. The van der Waals surface area contributed by atoms with E-state index in [0.717, 1.165) is 67.9 Å². The molecule has 2 aromatic rings. The number of anilines is 1. The van der Waals surface area contributed by atoms with Gasteiger partial charge in [-0.3, -0.25) is 4.99 Å². The fraction of sp³-hybridized carbons (Fsp3) is 0.360. The van der Waals surface area contributed by atoms with Gasteiger partial charge >= 0.3 is 0 Å². The standard InChI is InChI=1S/C25H29F2N3O/c1-17(14-19-15-22(26)23(27)16-24(19)28-2)9-12-21(31)8-4-3-7-20-11-10-18-6-5-13-29-25(18)30-20/h9-12,14-16,21,31H,2-8,13H2,1H3,(H,29,30)/b12-9+,17-14+. The van der Waals surface area contributed by atoms with Crippen molar-refractivity contribution < 1.29 is 13.9 Å². The third-order valence-electron chi connectivity index (χ3n) is 5.34. The second kappa shape index (κ2) is 11.0. The predicted molar refractivity (Wildman–Crippen MR) is 123 cm³/mol. The first kappa shape index (κ1) is 22.8. The molecule has 1 aliphatic rings. The smallest absolute Gasteiger partial charge is 0.161 e. The van der Waals surface area contributed by atoms with Gasteiger partial charge in [-0.2, -0.15) is 0 Å². The molecule has 0 radical (unpaired) electrons. The van der Waals surface area contributed by atoms with Crippen LogP contribution in [0.5, 0.6) is 0 Å². The Morgan fingerprint density at radius 2 is 2.10 bits per heavy atom. The molecule has 2 N–H and O–H groups in total. The van der Waals surface area contributed by atoms with Crippen LogP contribution in [0, 0.1) is 11.6 Å². The van der Waals surface area contributed by atoms with Gasteiger partial charge in [0.25, 0.3) is 0 Å². The topological polar surface area (TPSA) is 57.5 Å². The lowest BCUT2D eigenvalue weighted by Crippen LogP contribution is -2.14. The number of pyridine rings is 1. The van der Waals surface area contributed by atoms with E-state index in [2.05, 4.69) is 29.2 Å². The molecule has 31 heavy (non-hydrogen) atoms. The second-order valence-corrected chi connectivity index (χ2v) is 7.88. The Morgan fingerprint density at radius 3 is 2.90 bits per heavy atom. The first-order valence-electron chi connectivity index (χ1n) is 10.7. The van der Waals surface area contributed by atoms with Crippen LogP contribution < -0.4 is 5.32 Å². The molecule has 4 nitrogen and oxygen atoms in total. The summed E-state index contributed by atoms with van der Waals surface area (Å²) in [6.07, 6.45) is 10.2. The Balaban J connectivity index is 1.47. The average Bonchev–Trinajstić information content (AvgIpc) is 2.77. The summed E-state index contributed by atoms with van der Waals surface area (Å²) in [6, 6.07) is 6.38. The normalized spacial score (nSPS) is 14.9. The number of aliphatic hydroxyl groups is 1. The Hall–Kier alpha value is -2.86. The number of aromatic nitrogens is 1. The van der Waals surface area contributed by atoms with Crippen LogP contribution in [-0.4, -0.2) is 29.5 Å². The van der Waals surface area contributed by atoms with Crippen LogP contribution in [0.2, 0.25) is 0 Å². The molecule has 1 aromatic heterocycles. The lowest BCUT2D eigenvalue weighted by Gasteiger charge is -2.17. The van der Waals surface area contributed by atoms with E-state index in [4.69, 9.17) is 4.98 Å². The molecular formula is C25H29F2N3O. The van der Waals surface area contributed by atoms with Crippen molar-refractivity contribution in [3.05, 3.63) is 70.4 Å². The van der Waals surface area contributed by atoms with Gasteiger partial charge in [0.1, 0.15) is 5.82 Å². The van der Waals surface area contributed by atoms with E-state index >= 15 is 0 Å². The maximum atomic E-state index is 13.5. The van der Waals surface area contributed by atoms with Crippen molar-refractivity contribution >= 4 is 24.3 Å². The van der Waals surface area contributed by atoms with Crippen molar-refractivity contribution in [2.45, 2.75) is 51.6 Å². The predicted octanol–water partition coefficient (Wildman–Crippen LogP) is 5.78. The third-order valence-corrected chi connectivity index (χ3v) is 5.34. The number of hydrogen-bond acceptors (Lipinski definition) is 4. The Bertz CT molecular complexity index is 985. The lowest BCUT2D eigenvalue weighted by molar-refractivity contribution is 0.208. The van der Waals surface area contributed by atoms with Crippen LogP contribution in [0.15, 0.2) is 47.0 Å². The molecule has 2 heterocycles. The fourth-order valence-corrected chi connectivity index (χ4v) is 3.62. The lowest BCUT2D eigenvalue weighted by atomic mass is 10.0. The third kappa shape index (κ3) is 6.56. The number of halogens is 2. The molecule has 0 amide bonds. The molecule has 0 fully saturated rings. The molecule has 3 rings (SSSR count). The van der Waals surface area contributed by atoms with Crippen LogP contribution in [0.25, 0.3) is 6.08 Å². The summed E-state index contributed by atoms with van der Waals surface area (Å²) in [5.41, 5.74) is 3.88. The number of unbranched alkanes of at least 4 members (excludes halogenated alkanes) is 1. The van der Waals surface area contributed by atoms with Crippen LogP contribution in [0.1, 0.15) is 49.4 Å². The van der Waals surface area contributed by atoms with E-state index in [0.29, 0.717) is 12.0 Å². The highest BCUT2D eigenvalue weighted by Crippen LogP contribution is 2.25. The summed E-state index contributed by atoms with van der Waals surface area (Å²) >= 11 is 0. The van der Waals surface area contributed by atoms with E-state index < -0.39 is 17.7 Å². The van der Waals surface area contributed by atoms with Gasteiger partial charge in [-0.05, 0) is 69.5 Å². The van der Waals surface area contributed by atoms with Crippen molar-refractivity contribution in [1.82, 2.24) is 4.98 Å². The molecule has 0 bridgehead atoms. The molecule has 1 aromatic carbocycles. The number of aliphatic hydroxyl groups excluding tert-OH is 1. The summed E-state index contributed by atoms with van der Waals surface area (Å²) < 4.78 is 26.8. The summed E-state index contributed by atoms with van der Waals surface area (Å²) in [5, 5.41) is 13.6. The Labute approximate surface area is 182 Å². The molecule has 0 spiro atoms. The average molecular weight is 426 g/mol. The van der Waals surface area contributed by atoms with Crippen molar-refractivity contribution in [3.8, 4) is 0 Å². The first-order chi connectivity index (χ1) is 15.0. The van der Waals surface area contributed by atoms with Gasteiger partial charge in [0.05, 0.1) is 11.8 Å². The highest BCUT2D eigenvalue weighted by atomic mass is 19.2. The van der Waals surface area contributed by atoms with Gasteiger partial charge in [0.15, 0.2) is 11.6 Å². The van der Waals surface area contributed by atoms with E-state index in [-0.39, 0.29) is 5.69 Å². The molecular weight excluding hydrogens is 396 g/mol. The quantitative estimate of drug-likeness (QED) is 0.304. The van der Waals surface area contributed by atoms with Crippen LogP contribution in [-0.2, 0) is 12.8 Å². The SMILES string of the molecule is C=Nc1cc(F)c(F)cc1/C=C(C)/C=C/C(O)CCCCc1ccc2c(n1)NCCC2. The fourth-order valence-electron chi connectivity index (χ4n) is 3.62. The van der Waals surface area contributed by atoms with Gasteiger partial charge in [-0.1, -0.05) is 30.2 Å². The number of fused-ring (bicyclic) bond motifs is 1. The van der Waals surface area contributed by atoms with Crippen LogP contribution in [0.3, 0.4) is 0 Å². The number of rotatable bonds is 9. The Morgan fingerprint density at radius 1 is 1.29 bits per heavy atom. The number of allylic oxidation sites excluding steroid dienone is 2. The highest BCUT2D eigenvalue weighted by molar-refractivity contribution is 5.68. The van der Waals surface area contributed by atoms with E-state index in [9.17, 15) is 13.9 Å². The van der Waals surface area contributed by atoms with Crippen molar-refractivity contribution in [2.24, 2.45) is 4.99 Å². The minimum atomic E-state index is -0.954. The minimum Gasteiger partial charge on any atom is -0.389 e. The first-order valence-corrected chi connectivity index (χ1v) is 10.7. The number of nitrogens with zero attached hydrogens (tertiary/aromatic N) is 2. The number of aliphatic imine (C=N–C) groups is 1. The van der Waals surface area contributed by atoms with E-state index in [1.165, 1.54) is 5.56 Å². The summed E-state index contributed by atoms with van der Waals surface area (Å²) in [7, 11) is 0. The monoisotopic (exact) mass is 425 g/mol. The summed E-state index contributed by atoms with van der Waals surface area (Å²) in [6.45, 7) is 6.20. The van der Waals surface area contributed by atoms with Crippen molar-refractivity contribution in [3.63, 3.8) is 0 Å². The zero-order chi connectivity index (χ0) is 22.2. The number of benzene rings is 1. The zero-order valence-electron chi connectivity index (χ0n) is 17.9. The molecule has 1 unspecified atom stereocenters. The zero-order valence-corrected chi connectivity index (χ0v) is 17.9. The Kier molecular flexibility index (Phi) is 8.06. The van der Waals surface area contributed by atoms with Crippen LogP contribution in [0.4, 0.5) is 20.3 Å². The van der Waals surface area contributed by atoms with Gasteiger partial charge in [0.2, 0.25) is 0 Å². The van der Waals surface area contributed by atoms with E-state index in [1.54, 1.807) is 18.2 Å². The molecule has 164 valence electrons. The van der Waals surface area contributed by atoms with Crippen LogP contribution >= 0.6 is 0 Å². The largest absolute Gasteiger partial charge is 0.389 e. The van der Waals surface area contributed by atoms with Crippen molar-refractivity contribution in [2.75, 3.05) is 11.9 Å². The van der Waals surface area contributed by atoms with Crippen molar-refractivity contribution in [1.29, 1.82) is 0 Å². The highest BCUT2D eigenvalue weighted by Gasteiger charge is 2.10. The second-order valence-electron chi connectivity index (χ2n) is 7.88. The van der Waals surface area contributed by atoms with Gasteiger partial charge in [0, 0.05) is 23.9 Å². The molecule has 6 heteroatoms. The molecule has 0 saturated carbocycles. The summed E-state index contributed by atoms with van der Waals surface area (Å²) in [5.74, 6) is -0.866. The summed E-state index contributed by atoms with van der Waals surface area (Å²) in [4.78, 5) is 8.43. The molecule has 0 saturated heterocycles. The van der Waals surface area contributed by atoms with Gasteiger partial charge in [-0.15, -0.1) is 0 Å². The number of hydrogen-bond donors (Lipinski definition) is 2. The van der Waals surface area contributed by atoms with Gasteiger partial charge < -0.3 is 10.4 Å². The number of aryl methyl sites for hydroxylation is 2. The van der Waals surface area contributed by atoms with Gasteiger partial charge in [-0.25, -0.2) is 13.8 Å². The molecule has 1 aliphatic heterocycles. The maximum Gasteiger partial charge on any atom is 0.161 e. The number of nitrogens with one attached hydrogen (secondary N) is 1. The maximum absolute atomic E-state index is 13.5. The minimum absolute atomic E-state index is 0.276.